The van der Waals surface area contributed by atoms with Crippen LogP contribution in [0.4, 0.5) is 5.69 Å². The highest BCUT2D eigenvalue weighted by Crippen LogP contribution is 2.25. The number of benzene rings is 3. The van der Waals surface area contributed by atoms with Gasteiger partial charge in [0.1, 0.15) is 5.75 Å². The number of para-hydroxylation sites is 1. The van der Waals surface area contributed by atoms with Gasteiger partial charge in [-0.15, -0.1) is 0 Å². The van der Waals surface area contributed by atoms with Crippen LogP contribution < -0.4 is 10.1 Å². The number of nitrogens with one attached hydrogen (secondary N) is 1. The monoisotopic (exact) mass is 414 g/mol. The molecule has 0 radical (unpaired) electrons. The molecule has 31 heavy (non-hydrogen) atoms. The Bertz CT molecular complexity index is 1050. The number of amides is 2. The Morgan fingerprint density at radius 1 is 0.968 bits per heavy atom. The van der Waals surface area contributed by atoms with Gasteiger partial charge in [-0.2, -0.15) is 0 Å². The van der Waals surface area contributed by atoms with Gasteiger partial charge in [0.05, 0.1) is 13.0 Å². The minimum absolute atomic E-state index is 0.00791. The van der Waals surface area contributed by atoms with E-state index >= 15 is 0 Å². The van der Waals surface area contributed by atoms with E-state index in [0.29, 0.717) is 13.1 Å². The molecule has 1 aliphatic heterocycles. The lowest BCUT2D eigenvalue weighted by atomic mass is 10.0. The SMILES string of the molecule is COc1ccc(CN2CC(C(=O)Nc3ccccc3Cc3ccccc3)CC2=O)cc1. The highest BCUT2D eigenvalue weighted by molar-refractivity contribution is 5.97. The predicted octanol–water partition coefficient (Wildman–Crippen LogP) is 4.27. The summed E-state index contributed by atoms with van der Waals surface area (Å²) in [6.07, 6.45) is 0.979. The number of hydrogen-bond donors (Lipinski definition) is 1. The summed E-state index contributed by atoms with van der Waals surface area (Å²) in [5.74, 6) is 0.332. The molecular formula is C26H26N2O3. The largest absolute Gasteiger partial charge is 0.497 e. The molecule has 0 saturated carbocycles. The first kappa shape index (κ1) is 20.7. The quantitative estimate of drug-likeness (QED) is 0.628. The van der Waals surface area contributed by atoms with Crippen molar-refractivity contribution in [2.75, 3.05) is 19.0 Å². The molecule has 1 unspecified atom stereocenters. The number of rotatable bonds is 7. The molecule has 3 aromatic rings. The first-order valence-corrected chi connectivity index (χ1v) is 10.5. The fraction of sp³-hybridized carbons (Fsp3) is 0.231. The smallest absolute Gasteiger partial charge is 0.229 e. The standard InChI is InChI=1S/C26H26N2O3/c1-31-23-13-11-20(12-14-23)17-28-18-22(16-25(28)29)26(30)27-24-10-6-5-9-21(24)15-19-7-3-2-4-8-19/h2-14,22H,15-18H2,1H3,(H,27,30). The van der Waals surface area contributed by atoms with Gasteiger partial charge in [0.25, 0.3) is 0 Å². The minimum atomic E-state index is -0.351. The number of carbonyl (C=O) groups is 2. The van der Waals surface area contributed by atoms with Crippen LogP contribution in [-0.2, 0) is 22.6 Å². The van der Waals surface area contributed by atoms with Gasteiger partial charge in [0, 0.05) is 25.2 Å². The minimum Gasteiger partial charge on any atom is -0.497 e. The molecule has 0 aromatic heterocycles. The molecule has 0 aliphatic carbocycles. The van der Waals surface area contributed by atoms with Gasteiger partial charge in [-0.05, 0) is 41.3 Å². The molecule has 2 amide bonds. The molecule has 0 bridgehead atoms. The van der Waals surface area contributed by atoms with Crippen molar-refractivity contribution in [3.63, 3.8) is 0 Å². The maximum Gasteiger partial charge on any atom is 0.229 e. The maximum absolute atomic E-state index is 12.9. The summed E-state index contributed by atoms with van der Waals surface area (Å²) in [6, 6.07) is 25.6. The number of likely N-dealkylation sites (tertiary alicyclic amines) is 1. The van der Waals surface area contributed by atoms with Crippen molar-refractivity contribution < 1.29 is 14.3 Å². The lowest BCUT2D eigenvalue weighted by Crippen LogP contribution is -2.28. The molecule has 1 heterocycles. The molecule has 158 valence electrons. The molecule has 3 aromatic carbocycles. The average Bonchev–Trinajstić information content (AvgIpc) is 3.16. The van der Waals surface area contributed by atoms with Crippen LogP contribution in [0, 0.1) is 5.92 Å². The normalized spacial score (nSPS) is 15.7. The Morgan fingerprint density at radius 2 is 1.68 bits per heavy atom. The summed E-state index contributed by atoms with van der Waals surface area (Å²) >= 11 is 0. The van der Waals surface area contributed by atoms with Crippen LogP contribution in [0.25, 0.3) is 0 Å². The zero-order chi connectivity index (χ0) is 21.6. The van der Waals surface area contributed by atoms with E-state index in [-0.39, 0.29) is 24.2 Å². The van der Waals surface area contributed by atoms with E-state index < -0.39 is 0 Å². The van der Waals surface area contributed by atoms with E-state index in [0.717, 1.165) is 29.0 Å². The van der Waals surface area contributed by atoms with E-state index in [4.69, 9.17) is 4.74 Å². The van der Waals surface area contributed by atoms with Crippen LogP contribution in [0.5, 0.6) is 5.75 Å². The second-order valence-electron chi connectivity index (χ2n) is 7.83. The van der Waals surface area contributed by atoms with Crippen LogP contribution in [0.15, 0.2) is 78.9 Å². The van der Waals surface area contributed by atoms with E-state index in [1.54, 1.807) is 12.0 Å². The van der Waals surface area contributed by atoms with Gasteiger partial charge in [-0.3, -0.25) is 9.59 Å². The Hall–Kier alpha value is -3.60. The summed E-state index contributed by atoms with van der Waals surface area (Å²) in [5, 5.41) is 3.06. The molecule has 1 N–H and O–H groups in total. The summed E-state index contributed by atoms with van der Waals surface area (Å²) in [4.78, 5) is 27.2. The molecule has 1 aliphatic rings. The van der Waals surface area contributed by atoms with E-state index in [1.165, 1.54) is 5.56 Å². The van der Waals surface area contributed by atoms with Crippen molar-refractivity contribution in [2.45, 2.75) is 19.4 Å². The lowest BCUT2D eigenvalue weighted by molar-refractivity contribution is -0.128. The zero-order valence-corrected chi connectivity index (χ0v) is 17.6. The van der Waals surface area contributed by atoms with Gasteiger partial charge in [-0.25, -0.2) is 0 Å². The summed E-state index contributed by atoms with van der Waals surface area (Å²) < 4.78 is 5.18. The van der Waals surface area contributed by atoms with E-state index in [9.17, 15) is 9.59 Å². The number of nitrogens with zero attached hydrogens (tertiary/aromatic N) is 1. The molecule has 1 saturated heterocycles. The van der Waals surface area contributed by atoms with Crippen molar-refractivity contribution in [1.82, 2.24) is 4.90 Å². The second-order valence-corrected chi connectivity index (χ2v) is 7.83. The third kappa shape index (κ3) is 5.12. The van der Waals surface area contributed by atoms with Crippen LogP contribution in [-0.4, -0.2) is 30.4 Å². The van der Waals surface area contributed by atoms with Crippen molar-refractivity contribution >= 4 is 17.5 Å². The zero-order valence-electron chi connectivity index (χ0n) is 17.6. The molecular weight excluding hydrogens is 388 g/mol. The molecule has 5 heteroatoms. The van der Waals surface area contributed by atoms with Gasteiger partial charge >= 0.3 is 0 Å². The predicted molar refractivity (Wildman–Crippen MR) is 121 cm³/mol. The number of anilines is 1. The van der Waals surface area contributed by atoms with E-state index in [2.05, 4.69) is 17.4 Å². The van der Waals surface area contributed by atoms with Crippen LogP contribution in [0.3, 0.4) is 0 Å². The molecule has 5 nitrogen and oxygen atoms in total. The lowest BCUT2D eigenvalue weighted by Gasteiger charge is -2.17. The fourth-order valence-electron chi connectivity index (χ4n) is 3.90. The van der Waals surface area contributed by atoms with E-state index in [1.807, 2.05) is 66.7 Å². The summed E-state index contributed by atoms with van der Waals surface area (Å²) in [6.45, 7) is 0.925. The van der Waals surface area contributed by atoms with Gasteiger partial charge in [0.2, 0.25) is 11.8 Å². The third-order valence-corrected chi connectivity index (χ3v) is 5.63. The third-order valence-electron chi connectivity index (χ3n) is 5.63. The van der Waals surface area contributed by atoms with Gasteiger partial charge in [-0.1, -0.05) is 60.7 Å². The summed E-state index contributed by atoms with van der Waals surface area (Å²) in [5.41, 5.74) is 4.06. The number of methoxy groups -OCH3 is 1. The van der Waals surface area contributed by atoms with Crippen molar-refractivity contribution in [3.8, 4) is 5.75 Å². The fourth-order valence-corrected chi connectivity index (χ4v) is 3.90. The number of hydrogen-bond acceptors (Lipinski definition) is 3. The highest BCUT2D eigenvalue weighted by atomic mass is 16.5. The Labute approximate surface area is 182 Å². The first-order valence-electron chi connectivity index (χ1n) is 10.5. The average molecular weight is 415 g/mol. The summed E-state index contributed by atoms with van der Waals surface area (Å²) in [7, 11) is 1.63. The topological polar surface area (TPSA) is 58.6 Å². The number of ether oxygens (including phenoxy) is 1. The van der Waals surface area contributed by atoms with Crippen LogP contribution >= 0.6 is 0 Å². The Kier molecular flexibility index (Phi) is 6.32. The molecule has 0 spiro atoms. The van der Waals surface area contributed by atoms with Gasteiger partial charge < -0.3 is 15.0 Å². The Morgan fingerprint density at radius 3 is 2.42 bits per heavy atom. The maximum atomic E-state index is 12.9. The van der Waals surface area contributed by atoms with Crippen molar-refractivity contribution in [1.29, 1.82) is 0 Å². The van der Waals surface area contributed by atoms with Crippen molar-refractivity contribution in [3.05, 3.63) is 95.6 Å². The van der Waals surface area contributed by atoms with Crippen molar-refractivity contribution in [2.24, 2.45) is 5.92 Å². The highest BCUT2D eigenvalue weighted by Gasteiger charge is 2.34. The molecule has 4 rings (SSSR count). The number of carbonyl (C=O) groups excluding carboxylic acids is 2. The van der Waals surface area contributed by atoms with Gasteiger partial charge in [0.15, 0.2) is 0 Å². The molecule has 1 atom stereocenters. The first-order chi connectivity index (χ1) is 15.1. The van der Waals surface area contributed by atoms with Crippen LogP contribution in [0.1, 0.15) is 23.1 Å². The molecule has 1 fully saturated rings. The van der Waals surface area contributed by atoms with Crippen LogP contribution in [0.2, 0.25) is 0 Å². The Balaban J connectivity index is 1.40. The second kappa shape index (κ2) is 9.47.